The molecule has 94 valence electrons. The molecule has 3 nitrogen and oxygen atoms in total. The van der Waals surface area contributed by atoms with Gasteiger partial charge in [0.2, 0.25) is 0 Å². The van der Waals surface area contributed by atoms with Crippen molar-refractivity contribution >= 4 is 17.5 Å². The Balaban J connectivity index is 2.71. The van der Waals surface area contributed by atoms with Gasteiger partial charge in [-0.1, -0.05) is 25.4 Å². The van der Waals surface area contributed by atoms with Crippen molar-refractivity contribution in [1.29, 1.82) is 0 Å². The first-order valence-electron chi connectivity index (χ1n) is 5.20. The summed E-state index contributed by atoms with van der Waals surface area (Å²) in [5.74, 6) is -1.17. The summed E-state index contributed by atoms with van der Waals surface area (Å²) in [4.78, 5) is 11.7. The lowest BCUT2D eigenvalue weighted by Gasteiger charge is -2.21. The van der Waals surface area contributed by atoms with Crippen LogP contribution in [0.4, 0.5) is 4.39 Å². The molecule has 1 aromatic rings. The van der Waals surface area contributed by atoms with Gasteiger partial charge in [0.25, 0.3) is 5.91 Å². The van der Waals surface area contributed by atoms with Crippen molar-refractivity contribution in [3.63, 3.8) is 0 Å². The Labute approximate surface area is 105 Å². The van der Waals surface area contributed by atoms with Gasteiger partial charge in [0.15, 0.2) is 0 Å². The topological polar surface area (TPSA) is 49.3 Å². The average molecular weight is 260 g/mol. The molecule has 0 saturated heterocycles. The highest BCUT2D eigenvalue weighted by Crippen LogP contribution is 2.16. The van der Waals surface area contributed by atoms with Gasteiger partial charge < -0.3 is 10.4 Å². The molecule has 1 amide bonds. The molecular formula is C12H15ClFNO2. The van der Waals surface area contributed by atoms with Gasteiger partial charge in [-0.3, -0.25) is 4.79 Å². The summed E-state index contributed by atoms with van der Waals surface area (Å²) >= 11 is 5.59. The average Bonchev–Trinajstić information content (AvgIpc) is 2.26. The second-order valence-corrected chi connectivity index (χ2v) is 5.07. The highest BCUT2D eigenvalue weighted by molar-refractivity contribution is 6.30. The van der Waals surface area contributed by atoms with E-state index in [2.05, 4.69) is 5.32 Å². The van der Waals surface area contributed by atoms with E-state index in [4.69, 9.17) is 16.7 Å². The molecule has 2 N–H and O–H groups in total. The third kappa shape index (κ3) is 3.98. The minimum Gasteiger partial charge on any atom is -0.396 e. The number of carbonyl (C=O) groups is 1. The molecule has 0 aromatic heterocycles. The molecule has 1 aromatic carbocycles. The van der Waals surface area contributed by atoms with Crippen LogP contribution in [0, 0.1) is 11.2 Å². The van der Waals surface area contributed by atoms with Crippen LogP contribution in [0.2, 0.25) is 5.02 Å². The highest BCUT2D eigenvalue weighted by Gasteiger charge is 2.19. The maximum Gasteiger partial charge on any atom is 0.254 e. The van der Waals surface area contributed by atoms with Gasteiger partial charge in [0, 0.05) is 23.6 Å². The summed E-state index contributed by atoms with van der Waals surface area (Å²) in [5, 5.41) is 11.8. The molecule has 0 atom stereocenters. The molecule has 0 fully saturated rings. The van der Waals surface area contributed by atoms with Crippen LogP contribution in [-0.4, -0.2) is 24.2 Å². The number of aliphatic hydroxyl groups excluding tert-OH is 1. The molecule has 0 spiro atoms. The Morgan fingerprint density at radius 3 is 2.71 bits per heavy atom. The van der Waals surface area contributed by atoms with Crippen LogP contribution in [0.1, 0.15) is 24.2 Å². The summed E-state index contributed by atoms with van der Waals surface area (Å²) in [6.45, 7) is 3.80. The Morgan fingerprint density at radius 1 is 1.53 bits per heavy atom. The van der Waals surface area contributed by atoms with Crippen molar-refractivity contribution in [1.82, 2.24) is 5.32 Å². The number of amides is 1. The van der Waals surface area contributed by atoms with Crippen molar-refractivity contribution in [3.8, 4) is 0 Å². The van der Waals surface area contributed by atoms with Crippen LogP contribution >= 0.6 is 11.6 Å². The lowest BCUT2D eigenvalue weighted by atomic mass is 9.95. The molecule has 0 unspecified atom stereocenters. The van der Waals surface area contributed by atoms with E-state index >= 15 is 0 Å². The number of hydrogen-bond donors (Lipinski definition) is 2. The van der Waals surface area contributed by atoms with Gasteiger partial charge in [-0.15, -0.1) is 0 Å². The van der Waals surface area contributed by atoms with E-state index < -0.39 is 17.1 Å². The zero-order valence-corrected chi connectivity index (χ0v) is 10.5. The molecule has 0 radical (unpaired) electrons. The predicted octanol–water partition coefficient (Wildman–Crippen LogP) is 2.23. The Kier molecular flexibility index (Phi) is 4.48. The molecule has 1 rings (SSSR count). The molecule has 5 heteroatoms. The first-order valence-corrected chi connectivity index (χ1v) is 5.57. The number of rotatable bonds is 4. The smallest absolute Gasteiger partial charge is 0.254 e. The van der Waals surface area contributed by atoms with Crippen molar-refractivity contribution in [2.75, 3.05) is 13.2 Å². The summed E-state index contributed by atoms with van der Waals surface area (Å²) in [6.07, 6.45) is 0. The Morgan fingerprint density at radius 2 is 2.18 bits per heavy atom. The maximum absolute atomic E-state index is 13.4. The van der Waals surface area contributed by atoms with Crippen LogP contribution in [0.3, 0.4) is 0 Å². The van der Waals surface area contributed by atoms with E-state index in [1.165, 1.54) is 12.1 Å². The predicted molar refractivity (Wildman–Crippen MR) is 64.6 cm³/mol. The minimum absolute atomic E-state index is 0.0526. The van der Waals surface area contributed by atoms with Gasteiger partial charge in [-0.2, -0.15) is 0 Å². The van der Waals surface area contributed by atoms with Crippen LogP contribution in [0.25, 0.3) is 0 Å². The Bertz CT molecular complexity index is 421. The lowest BCUT2D eigenvalue weighted by Crippen LogP contribution is -2.36. The third-order valence-electron chi connectivity index (χ3n) is 2.33. The van der Waals surface area contributed by atoms with Crippen LogP contribution in [0.5, 0.6) is 0 Å². The van der Waals surface area contributed by atoms with Gasteiger partial charge in [0.05, 0.1) is 5.56 Å². The fourth-order valence-corrected chi connectivity index (χ4v) is 1.30. The number of aliphatic hydroxyl groups is 1. The summed E-state index contributed by atoms with van der Waals surface area (Å²) in [6, 6.07) is 3.88. The lowest BCUT2D eigenvalue weighted by molar-refractivity contribution is 0.0907. The molecule has 0 aliphatic rings. The quantitative estimate of drug-likeness (QED) is 0.871. The van der Waals surface area contributed by atoms with Gasteiger partial charge in [-0.05, 0) is 18.2 Å². The molecule has 0 aliphatic heterocycles. The van der Waals surface area contributed by atoms with Crippen LogP contribution in [0.15, 0.2) is 18.2 Å². The van der Waals surface area contributed by atoms with E-state index in [0.717, 1.165) is 6.07 Å². The van der Waals surface area contributed by atoms with Gasteiger partial charge >= 0.3 is 0 Å². The summed E-state index contributed by atoms with van der Waals surface area (Å²) in [7, 11) is 0. The van der Waals surface area contributed by atoms with Crippen molar-refractivity contribution in [2.24, 2.45) is 5.41 Å². The fraction of sp³-hybridized carbons (Fsp3) is 0.417. The highest BCUT2D eigenvalue weighted by atomic mass is 35.5. The SMILES string of the molecule is CC(C)(CO)CNC(=O)c1ccc(Cl)cc1F. The second-order valence-electron chi connectivity index (χ2n) is 4.63. The summed E-state index contributed by atoms with van der Waals surface area (Å²) in [5.41, 5.74) is -0.485. The molecular weight excluding hydrogens is 245 g/mol. The normalized spacial score (nSPS) is 11.4. The van der Waals surface area contributed by atoms with Crippen molar-refractivity contribution in [3.05, 3.63) is 34.6 Å². The summed E-state index contributed by atoms with van der Waals surface area (Å²) < 4.78 is 13.4. The Hall–Kier alpha value is -1.13. The number of benzene rings is 1. The van der Waals surface area contributed by atoms with E-state index in [0.29, 0.717) is 0 Å². The molecule has 17 heavy (non-hydrogen) atoms. The molecule has 0 heterocycles. The van der Waals surface area contributed by atoms with E-state index in [9.17, 15) is 9.18 Å². The number of carbonyl (C=O) groups excluding carboxylic acids is 1. The molecule has 0 saturated carbocycles. The number of halogens is 2. The van der Waals surface area contributed by atoms with Crippen LogP contribution in [-0.2, 0) is 0 Å². The molecule has 0 aliphatic carbocycles. The number of nitrogens with one attached hydrogen (secondary N) is 1. The zero-order valence-electron chi connectivity index (χ0n) is 9.76. The van der Waals surface area contributed by atoms with Crippen molar-refractivity contribution < 1.29 is 14.3 Å². The van der Waals surface area contributed by atoms with Crippen LogP contribution < -0.4 is 5.32 Å². The largest absolute Gasteiger partial charge is 0.396 e. The van der Waals surface area contributed by atoms with Gasteiger partial charge in [-0.25, -0.2) is 4.39 Å². The first-order chi connectivity index (χ1) is 7.85. The van der Waals surface area contributed by atoms with E-state index in [1.54, 1.807) is 13.8 Å². The van der Waals surface area contributed by atoms with Gasteiger partial charge in [0.1, 0.15) is 5.82 Å². The van der Waals surface area contributed by atoms with Crippen molar-refractivity contribution in [2.45, 2.75) is 13.8 Å². The van der Waals surface area contributed by atoms with E-state index in [-0.39, 0.29) is 23.7 Å². The second kappa shape index (κ2) is 5.47. The number of hydrogen-bond acceptors (Lipinski definition) is 2. The standard InChI is InChI=1S/C12H15ClFNO2/c1-12(2,7-16)6-15-11(17)9-4-3-8(13)5-10(9)14/h3-5,16H,6-7H2,1-2H3,(H,15,17). The maximum atomic E-state index is 13.4. The fourth-order valence-electron chi connectivity index (χ4n) is 1.14. The monoisotopic (exact) mass is 259 g/mol. The first kappa shape index (κ1) is 13.9. The zero-order chi connectivity index (χ0) is 13.1. The third-order valence-corrected chi connectivity index (χ3v) is 2.57. The van der Waals surface area contributed by atoms with E-state index in [1.807, 2.05) is 0 Å². The molecule has 0 bridgehead atoms. The minimum atomic E-state index is -0.656.